The minimum atomic E-state index is -5.03. The first-order valence-electron chi connectivity index (χ1n) is 13.1. The summed E-state index contributed by atoms with van der Waals surface area (Å²) < 4.78 is 114. The molecule has 1 amide bonds. The minimum Gasteiger partial charge on any atom is -0.478 e. The van der Waals surface area contributed by atoms with Crippen LogP contribution in [0.1, 0.15) is 48.5 Å². The van der Waals surface area contributed by atoms with Crippen LogP contribution in [0.15, 0.2) is 91.0 Å². The second kappa shape index (κ2) is 12.6. The second-order valence-electron chi connectivity index (χ2n) is 10.1. The van der Waals surface area contributed by atoms with Crippen LogP contribution in [-0.2, 0) is 18.1 Å². The number of nitrogens with one attached hydrogen (secondary N) is 1. The molecule has 0 aliphatic carbocycles. The molecular weight excluding hydrogens is 614 g/mol. The molecule has 0 aliphatic rings. The first-order valence-corrected chi connectivity index (χ1v) is 13.1. The number of hydrogen-bond donors (Lipinski definition) is 2. The largest absolute Gasteiger partial charge is 0.478 e. The average Bonchev–Trinajstić information content (AvgIpc) is 2.96. The standard InChI is InChI=1S/C32H23F8NO4/c1-18-7-8-21(13-26(18)31(36,37)38)27(42)41-30(17-19-5-3-2-4-6-19,22-11-9-20(10-12-22)28(43)44)23-14-24(33)16-25(15-23)45-32(39,40)29(34)35/h2-16,29H,17H2,1H3,(H,41,42)(H,43,44)/t30-/m1/s1. The van der Waals surface area contributed by atoms with Gasteiger partial charge in [0.1, 0.15) is 11.6 Å². The summed E-state index contributed by atoms with van der Waals surface area (Å²) in [5.74, 6) is -4.72. The highest BCUT2D eigenvalue weighted by Crippen LogP contribution is 2.39. The maximum absolute atomic E-state index is 15.0. The minimum absolute atomic E-state index is 0.0463. The lowest BCUT2D eigenvalue weighted by Crippen LogP contribution is -2.49. The summed E-state index contributed by atoms with van der Waals surface area (Å²) in [6.45, 7) is 1.19. The molecule has 0 saturated carbocycles. The van der Waals surface area contributed by atoms with Gasteiger partial charge in [-0.15, -0.1) is 0 Å². The number of alkyl halides is 7. The van der Waals surface area contributed by atoms with Crippen molar-refractivity contribution >= 4 is 11.9 Å². The van der Waals surface area contributed by atoms with Crippen molar-refractivity contribution in [3.63, 3.8) is 0 Å². The number of carboxylic acids is 1. The van der Waals surface area contributed by atoms with Crippen LogP contribution in [0.25, 0.3) is 0 Å². The molecular formula is C32H23F8NO4. The van der Waals surface area contributed by atoms with E-state index in [4.69, 9.17) is 0 Å². The summed E-state index contributed by atoms with van der Waals surface area (Å²) in [6, 6.07) is 17.6. The smallest absolute Gasteiger partial charge is 0.461 e. The number of carbonyl (C=O) groups excluding carboxylic acids is 1. The zero-order valence-electron chi connectivity index (χ0n) is 23.1. The molecule has 5 nitrogen and oxygen atoms in total. The van der Waals surface area contributed by atoms with Gasteiger partial charge < -0.3 is 15.2 Å². The molecule has 0 saturated heterocycles. The fourth-order valence-electron chi connectivity index (χ4n) is 4.76. The Hall–Kier alpha value is -4.94. The summed E-state index contributed by atoms with van der Waals surface area (Å²) in [7, 11) is 0. The van der Waals surface area contributed by atoms with E-state index >= 15 is 4.39 Å². The number of aryl methyl sites for hydroxylation is 1. The first-order chi connectivity index (χ1) is 21.0. The van der Waals surface area contributed by atoms with Gasteiger partial charge in [-0.1, -0.05) is 48.5 Å². The van der Waals surface area contributed by atoms with E-state index < -0.39 is 58.8 Å². The van der Waals surface area contributed by atoms with Crippen molar-refractivity contribution in [2.45, 2.75) is 37.6 Å². The lowest BCUT2D eigenvalue weighted by atomic mass is 9.77. The fourth-order valence-corrected chi connectivity index (χ4v) is 4.76. The van der Waals surface area contributed by atoms with E-state index in [0.717, 1.165) is 36.4 Å². The van der Waals surface area contributed by atoms with Crippen LogP contribution in [0.2, 0.25) is 0 Å². The number of ether oxygens (including phenoxy) is 1. The van der Waals surface area contributed by atoms with Crippen LogP contribution < -0.4 is 10.1 Å². The molecule has 0 aromatic heterocycles. The quantitative estimate of drug-likeness (QED) is 0.173. The molecule has 0 bridgehead atoms. The zero-order chi connectivity index (χ0) is 33.2. The molecule has 1 atom stereocenters. The molecule has 0 fully saturated rings. The number of amides is 1. The summed E-state index contributed by atoms with van der Waals surface area (Å²) in [5.41, 5.74) is -3.80. The Kier molecular flexibility index (Phi) is 9.22. The van der Waals surface area contributed by atoms with Crippen LogP contribution in [0.4, 0.5) is 35.1 Å². The Morgan fingerprint density at radius 2 is 1.44 bits per heavy atom. The normalized spacial score (nSPS) is 13.3. The SMILES string of the molecule is Cc1ccc(C(=O)N[C@](Cc2ccccc2)(c2ccc(C(=O)O)cc2)c2cc(F)cc(OC(F)(F)C(F)F)c2)cc1C(F)(F)F. The predicted octanol–water partition coefficient (Wildman–Crippen LogP) is 8.00. The molecule has 0 spiro atoms. The zero-order valence-corrected chi connectivity index (χ0v) is 23.1. The van der Waals surface area contributed by atoms with E-state index in [-0.39, 0.29) is 28.7 Å². The van der Waals surface area contributed by atoms with Crippen molar-refractivity contribution in [1.82, 2.24) is 5.32 Å². The van der Waals surface area contributed by atoms with E-state index in [0.29, 0.717) is 17.7 Å². The molecule has 236 valence electrons. The number of carbonyl (C=O) groups is 2. The predicted molar refractivity (Wildman–Crippen MR) is 146 cm³/mol. The summed E-state index contributed by atoms with van der Waals surface area (Å²) in [6.07, 6.45) is -14.4. The Morgan fingerprint density at radius 1 is 0.822 bits per heavy atom. The number of benzene rings is 4. The van der Waals surface area contributed by atoms with Crippen LogP contribution in [0.3, 0.4) is 0 Å². The van der Waals surface area contributed by atoms with Gasteiger partial charge in [0, 0.05) is 18.1 Å². The highest BCUT2D eigenvalue weighted by Gasteiger charge is 2.45. The number of aromatic carboxylic acids is 1. The third-order valence-electron chi connectivity index (χ3n) is 6.94. The van der Waals surface area contributed by atoms with Crippen LogP contribution in [0.5, 0.6) is 5.75 Å². The van der Waals surface area contributed by atoms with E-state index in [1.54, 1.807) is 30.3 Å². The highest BCUT2D eigenvalue weighted by molar-refractivity contribution is 5.95. The number of rotatable bonds is 10. The molecule has 0 radical (unpaired) electrons. The molecule has 4 rings (SSSR count). The van der Waals surface area contributed by atoms with Gasteiger partial charge in [-0.3, -0.25) is 4.79 Å². The Morgan fingerprint density at radius 3 is 2.02 bits per heavy atom. The lowest BCUT2D eigenvalue weighted by Gasteiger charge is -2.37. The van der Waals surface area contributed by atoms with Crippen molar-refractivity contribution in [3.8, 4) is 5.75 Å². The molecule has 13 heteroatoms. The fraction of sp³-hybridized carbons (Fsp3) is 0.188. The van der Waals surface area contributed by atoms with E-state index in [1.165, 1.54) is 19.1 Å². The second-order valence-corrected chi connectivity index (χ2v) is 10.1. The highest BCUT2D eigenvalue weighted by atomic mass is 19.4. The average molecular weight is 638 g/mol. The van der Waals surface area contributed by atoms with E-state index in [1.807, 2.05) is 0 Å². The maximum atomic E-state index is 15.0. The first kappa shape index (κ1) is 33.0. The maximum Gasteiger partial charge on any atom is 0.461 e. The van der Waals surface area contributed by atoms with E-state index in [9.17, 15) is 45.4 Å². The monoisotopic (exact) mass is 637 g/mol. The summed E-state index contributed by atoms with van der Waals surface area (Å²) in [5, 5.41) is 12.0. The molecule has 0 unspecified atom stereocenters. The molecule has 45 heavy (non-hydrogen) atoms. The number of hydrogen-bond acceptors (Lipinski definition) is 3. The van der Waals surface area contributed by atoms with Gasteiger partial charge >= 0.3 is 24.7 Å². The topological polar surface area (TPSA) is 75.6 Å². The molecule has 4 aromatic rings. The van der Waals surface area contributed by atoms with Crippen molar-refractivity contribution in [2.75, 3.05) is 0 Å². The van der Waals surface area contributed by atoms with Crippen LogP contribution >= 0.6 is 0 Å². The third-order valence-corrected chi connectivity index (χ3v) is 6.94. The van der Waals surface area contributed by atoms with Gasteiger partial charge in [0.25, 0.3) is 5.91 Å². The van der Waals surface area contributed by atoms with E-state index in [2.05, 4.69) is 10.1 Å². The van der Waals surface area contributed by atoms with Gasteiger partial charge in [-0.2, -0.15) is 30.7 Å². The van der Waals surface area contributed by atoms with Gasteiger partial charge in [0.2, 0.25) is 0 Å². The summed E-state index contributed by atoms with van der Waals surface area (Å²) >= 11 is 0. The molecule has 0 aliphatic heterocycles. The van der Waals surface area contributed by atoms with Gasteiger partial charge in [0.15, 0.2) is 0 Å². The Bertz CT molecular complexity index is 1690. The summed E-state index contributed by atoms with van der Waals surface area (Å²) in [4.78, 5) is 25.3. The van der Waals surface area contributed by atoms with Crippen molar-refractivity contribution in [1.29, 1.82) is 0 Å². The number of carboxylic acid groups (broad SMARTS) is 1. The lowest BCUT2D eigenvalue weighted by molar-refractivity contribution is -0.253. The van der Waals surface area contributed by atoms with Gasteiger partial charge in [0.05, 0.1) is 16.7 Å². The Labute approximate surface area is 251 Å². The van der Waals surface area contributed by atoms with Gasteiger partial charge in [-0.25, -0.2) is 9.18 Å². The third kappa shape index (κ3) is 7.41. The number of halogens is 8. The van der Waals surface area contributed by atoms with Crippen LogP contribution in [-0.4, -0.2) is 29.5 Å². The van der Waals surface area contributed by atoms with Crippen molar-refractivity contribution < 1.29 is 54.6 Å². The molecule has 4 aromatic carbocycles. The van der Waals surface area contributed by atoms with Crippen LogP contribution in [0, 0.1) is 12.7 Å². The molecule has 0 heterocycles. The van der Waals surface area contributed by atoms with Crippen molar-refractivity contribution in [2.24, 2.45) is 0 Å². The Balaban J connectivity index is 1.98. The van der Waals surface area contributed by atoms with Gasteiger partial charge in [-0.05, 0) is 65.6 Å². The van der Waals surface area contributed by atoms with Crippen molar-refractivity contribution in [3.05, 3.63) is 136 Å². The molecule has 2 N–H and O–H groups in total.